The Morgan fingerprint density at radius 2 is 2.10 bits per heavy atom. The first-order valence-electron chi connectivity index (χ1n) is 6.65. The van der Waals surface area contributed by atoms with Crippen LogP contribution >= 0.6 is 0 Å². The third kappa shape index (κ3) is 5.57. The van der Waals surface area contributed by atoms with Gasteiger partial charge >= 0.3 is 6.09 Å². The Hall–Kier alpha value is -1.86. The zero-order valence-electron chi connectivity index (χ0n) is 12.8. The van der Waals surface area contributed by atoms with Gasteiger partial charge in [0.05, 0.1) is 0 Å². The molecule has 1 amide bonds. The van der Waals surface area contributed by atoms with Gasteiger partial charge in [-0.2, -0.15) is 0 Å². The molecule has 0 bridgehead atoms. The SMILES string of the molecule is Cc1cnc(N)c(C(O)C(O)CNC(=O)OC(C)(C)C)c1. The summed E-state index contributed by atoms with van der Waals surface area (Å²) in [5.41, 5.74) is 6.18. The lowest BCUT2D eigenvalue weighted by Gasteiger charge is -2.22. The van der Waals surface area contributed by atoms with Crippen LogP contribution in [0.4, 0.5) is 10.6 Å². The largest absolute Gasteiger partial charge is 0.444 e. The molecule has 5 N–H and O–H groups in total. The Morgan fingerprint density at radius 3 is 2.67 bits per heavy atom. The molecular formula is C14H23N3O4. The normalized spacial score (nSPS) is 14.4. The number of ether oxygens (including phenoxy) is 1. The predicted octanol–water partition coefficient (Wildman–Crippen LogP) is 0.891. The number of carbonyl (C=O) groups is 1. The van der Waals surface area contributed by atoms with E-state index in [-0.39, 0.29) is 12.4 Å². The maximum Gasteiger partial charge on any atom is 0.407 e. The van der Waals surface area contributed by atoms with Crippen molar-refractivity contribution in [2.45, 2.75) is 45.5 Å². The van der Waals surface area contributed by atoms with E-state index in [2.05, 4.69) is 10.3 Å². The van der Waals surface area contributed by atoms with Crippen LogP contribution < -0.4 is 11.1 Å². The van der Waals surface area contributed by atoms with Crippen LogP contribution in [-0.4, -0.2) is 39.5 Å². The molecule has 0 spiro atoms. The fourth-order valence-electron chi connectivity index (χ4n) is 1.66. The summed E-state index contributed by atoms with van der Waals surface area (Å²) in [6, 6.07) is 1.64. The Morgan fingerprint density at radius 1 is 1.48 bits per heavy atom. The molecule has 0 fully saturated rings. The summed E-state index contributed by atoms with van der Waals surface area (Å²) < 4.78 is 5.04. The zero-order chi connectivity index (χ0) is 16.2. The van der Waals surface area contributed by atoms with E-state index in [4.69, 9.17) is 10.5 Å². The van der Waals surface area contributed by atoms with Crippen molar-refractivity contribution in [3.05, 3.63) is 23.4 Å². The molecule has 0 saturated carbocycles. The van der Waals surface area contributed by atoms with E-state index in [1.54, 1.807) is 40.0 Å². The van der Waals surface area contributed by atoms with Crippen LogP contribution in [-0.2, 0) is 4.74 Å². The standard InChI is InChI=1S/C14H23N3O4/c1-8-5-9(12(15)16-6-8)11(19)10(18)7-17-13(20)21-14(2,3)4/h5-6,10-11,18-19H,7H2,1-4H3,(H2,15,16)(H,17,20). The molecule has 2 atom stereocenters. The molecular weight excluding hydrogens is 274 g/mol. The van der Waals surface area contributed by atoms with Crippen molar-refractivity contribution in [3.8, 4) is 0 Å². The number of aliphatic hydroxyl groups is 2. The van der Waals surface area contributed by atoms with E-state index in [0.29, 0.717) is 5.56 Å². The highest BCUT2D eigenvalue weighted by molar-refractivity contribution is 5.67. The first-order valence-corrected chi connectivity index (χ1v) is 6.65. The Kier molecular flexibility index (Phi) is 5.51. The first kappa shape index (κ1) is 17.2. The van der Waals surface area contributed by atoms with Gasteiger partial charge < -0.3 is 26.0 Å². The molecule has 2 unspecified atom stereocenters. The summed E-state index contributed by atoms with van der Waals surface area (Å²) in [5.74, 6) is 0.143. The number of hydrogen-bond donors (Lipinski definition) is 4. The number of anilines is 1. The van der Waals surface area contributed by atoms with Crippen molar-refractivity contribution in [2.24, 2.45) is 0 Å². The van der Waals surface area contributed by atoms with Crippen molar-refractivity contribution in [1.29, 1.82) is 0 Å². The van der Waals surface area contributed by atoms with Gasteiger partial charge in [-0.05, 0) is 39.3 Å². The van der Waals surface area contributed by atoms with Gasteiger partial charge in [-0.15, -0.1) is 0 Å². The van der Waals surface area contributed by atoms with E-state index in [1.165, 1.54) is 0 Å². The number of nitrogens with zero attached hydrogens (tertiary/aromatic N) is 1. The lowest BCUT2D eigenvalue weighted by molar-refractivity contribution is 0.0131. The van der Waals surface area contributed by atoms with Gasteiger partial charge in [0.1, 0.15) is 23.6 Å². The number of nitrogens with one attached hydrogen (secondary N) is 1. The van der Waals surface area contributed by atoms with Crippen LogP contribution in [0.1, 0.15) is 38.0 Å². The number of amides is 1. The minimum atomic E-state index is -1.24. The highest BCUT2D eigenvalue weighted by Gasteiger charge is 2.23. The lowest BCUT2D eigenvalue weighted by atomic mass is 10.0. The number of hydrogen-bond acceptors (Lipinski definition) is 6. The molecule has 0 aliphatic rings. The van der Waals surface area contributed by atoms with Gasteiger partial charge in [0, 0.05) is 18.3 Å². The van der Waals surface area contributed by atoms with Gasteiger partial charge in [0.25, 0.3) is 0 Å². The molecule has 7 nitrogen and oxygen atoms in total. The summed E-state index contributed by atoms with van der Waals surface area (Å²) in [5, 5.41) is 22.4. The smallest absolute Gasteiger partial charge is 0.407 e. The molecule has 118 valence electrons. The van der Waals surface area contributed by atoms with E-state index in [9.17, 15) is 15.0 Å². The van der Waals surface area contributed by atoms with E-state index < -0.39 is 23.9 Å². The van der Waals surface area contributed by atoms with Crippen LogP contribution in [0.25, 0.3) is 0 Å². The van der Waals surface area contributed by atoms with E-state index in [0.717, 1.165) is 5.56 Å². The number of carbonyl (C=O) groups excluding carboxylic acids is 1. The minimum Gasteiger partial charge on any atom is -0.444 e. The average Bonchev–Trinajstić information content (AvgIpc) is 2.36. The van der Waals surface area contributed by atoms with E-state index >= 15 is 0 Å². The van der Waals surface area contributed by atoms with Crippen molar-refractivity contribution >= 4 is 11.9 Å². The number of nitrogen functional groups attached to an aromatic ring is 1. The number of nitrogens with two attached hydrogens (primary N) is 1. The molecule has 0 radical (unpaired) electrons. The average molecular weight is 297 g/mol. The van der Waals surface area contributed by atoms with Crippen molar-refractivity contribution in [3.63, 3.8) is 0 Å². The fraction of sp³-hybridized carbons (Fsp3) is 0.571. The third-order valence-corrected chi connectivity index (χ3v) is 2.62. The van der Waals surface area contributed by atoms with Gasteiger partial charge in [-0.3, -0.25) is 0 Å². The summed E-state index contributed by atoms with van der Waals surface area (Å²) in [6.07, 6.45) is -1.56. The lowest BCUT2D eigenvalue weighted by Crippen LogP contribution is -2.39. The summed E-state index contributed by atoms with van der Waals surface area (Å²) in [4.78, 5) is 15.4. The summed E-state index contributed by atoms with van der Waals surface area (Å²) in [7, 11) is 0. The topological polar surface area (TPSA) is 118 Å². The van der Waals surface area contributed by atoms with Gasteiger partial charge in [-0.1, -0.05) is 0 Å². The highest BCUT2D eigenvalue weighted by atomic mass is 16.6. The maximum atomic E-state index is 11.5. The van der Waals surface area contributed by atoms with Gasteiger partial charge in [0.2, 0.25) is 0 Å². The van der Waals surface area contributed by atoms with Crippen LogP contribution in [0.3, 0.4) is 0 Å². The molecule has 1 aromatic heterocycles. The minimum absolute atomic E-state index is 0.143. The fourth-order valence-corrected chi connectivity index (χ4v) is 1.66. The molecule has 1 heterocycles. The number of aliphatic hydroxyl groups excluding tert-OH is 2. The Bertz CT molecular complexity index is 499. The number of rotatable bonds is 4. The van der Waals surface area contributed by atoms with Gasteiger partial charge in [-0.25, -0.2) is 9.78 Å². The quantitative estimate of drug-likeness (QED) is 0.655. The van der Waals surface area contributed by atoms with Crippen molar-refractivity contribution < 1.29 is 19.7 Å². The number of aromatic nitrogens is 1. The van der Waals surface area contributed by atoms with Gasteiger partial charge in [0.15, 0.2) is 0 Å². The molecule has 1 rings (SSSR count). The molecule has 7 heteroatoms. The van der Waals surface area contributed by atoms with E-state index in [1.807, 2.05) is 0 Å². The molecule has 1 aromatic rings. The second-order valence-corrected chi connectivity index (χ2v) is 5.88. The number of pyridine rings is 1. The Labute approximate surface area is 124 Å². The van der Waals surface area contributed by atoms with Crippen LogP contribution in [0.2, 0.25) is 0 Å². The van der Waals surface area contributed by atoms with Crippen LogP contribution in [0.15, 0.2) is 12.3 Å². The first-order chi connectivity index (χ1) is 9.60. The molecule has 0 aliphatic carbocycles. The van der Waals surface area contributed by atoms with Crippen LogP contribution in [0.5, 0.6) is 0 Å². The van der Waals surface area contributed by atoms with Crippen molar-refractivity contribution in [1.82, 2.24) is 10.3 Å². The second-order valence-electron chi connectivity index (χ2n) is 5.88. The zero-order valence-corrected chi connectivity index (χ0v) is 12.8. The van der Waals surface area contributed by atoms with Crippen LogP contribution in [0, 0.1) is 6.92 Å². The number of alkyl carbamates (subject to hydrolysis) is 1. The maximum absolute atomic E-state index is 11.5. The third-order valence-electron chi connectivity index (χ3n) is 2.62. The molecule has 0 aromatic carbocycles. The highest BCUT2D eigenvalue weighted by Crippen LogP contribution is 2.22. The monoisotopic (exact) mass is 297 g/mol. The second kappa shape index (κ2) is 6.73. The molecule has 21 heavy (non-hydrogen) atoms. The Balaban J connectivity index is 2.61. The summed E-state index contributed by atoms with van der Waals surface area (Å²) in [6.45, 7) is 6.84. The molecule has 0 saturated heterocycles. The molecule has 0 aliphatic heterocycles. The summed E-state index contributed by atoms with van der Waals surface area (Å²) >= 11 is 0. The predicted molar refractivity (Wildman–Crippen MR) is 78.6 cm³/mol. The number of aryl methyl sites for hydroxylation is 1. The van der Waals surface area contributed by atoms with Crippen molar-refractivity contribution in [2.75, 3.05) is 12.3 Å².